The Kier molecular flexibility index (Phi) is 4.31. The molecule has 0 aliphatic heterocycles. The van der Waals surface area contributed by atoms with Crippen LogP contribution in [0.3, 0.4) is 0 Å². The predicted molar refractivity (Wildman–Crippen MR) is 73.1 cm³/mol. The molecule has 1 aromatic carbocycles. The molecule has 0 bridgehead atoms. The van der Waals surface area contributed by atoms with Crippen molar-refractivity contribution in [3.63, 3.8) is 0 Å². The molecule has 0 aromatic heterocycles. The number of anilines is 1. The molecule has 100 valence electrons. The molecule has 1 aliphatic carbocycles. The van der Waals surface area contributed by atoms with E-state index in [1.807, 2.05) is 12.1 Å². The highest BCUT2D eigenvalue weighted by Crippen LogP contribution is 2.30. The van der Waals surface area contributed by atoms with Gasteiger partial charge in [-0.25, -0.2) is 0 Å². The molecule has 0 atom stereocenters. The van der Waals surface area contributed by atoms with Gasteiger partial charge in [0.1, 0.15) is 6.61 Å². The quantitative estimate of drug-likeness (QED) is 0.752. The molecular formula is C14H22N2O2. The molecule has 0 amide bonds. The number of likely N-dealkylation sites (N-methyl/N-ethyl adjacent to an activating group) is 1. The predicted octanol–water partition coefficient (Wildman–Crippen LogP) is 2.00. The fourth-order valence-electron chi connectivity index (χ4n) is 1.95. The van der Waals surface area contributed by atoms with Gasteiger partial charge in [0.15, 0.2) is 11.5 Å². The van der Waals surface area contributed by atoms with Crippen LogP contribution in [0.1, 0.15) is 12.8 Å². The van der Waals surface area contributed by atoms with Crippen LogP contribution in [-0.2, 0) is 0 Å². The molecule has 0 unspecified atom stereocenters. The van der Waals surface area contributed by atoms with Crippen LogP contribution in [-0.4, -0.2) is 38.8 Å². The van der Waals surface area contributed by atoms with E-state index in [1.54, 1.807) is 13.2 Å². The average molecular weight is 250 g/mol. The minimum Gasteiger partial charge on any atom is -0.493 e. The number of benzene rings is 1. The van der Waals surface area contributed by atoms with E-state index in [2.05, 4.69) is 11.9 Å². The SMILES string of the molecule is COc1cc(N)ccc1OCCN(C)CC1CC1. The Bertz CT molecular complexity index is 391. The van der Waals surface area contributed by atoms with Crippen LogP contribution < -0.4 is 15.2 Å². The van der Waals surface area contributed by atoms with Crippen LogP contribution in [0.4, 0.5) is 5.69 Å². The molecule has 4 nitrogen and oxygen atoms in total. The van der Waals surface area contributed by atoms with Gasteiger partial charge in [-0.1, -0.05) is 0 Å². The first-order valence-corrected chi connectivity index (χ1v) is 6.44. The van der Waals surface area contributed by atoms with Crippen molar-refractivity contribution in [2.45, 2.75) is 12.8 Å². The third-order valence-corrected chi connectivity index (χ3v) is 3.19. The van der Waals surface area contributed by atoms with Crippen LogP contribution in [0.15, 0.2) is 18.2 Å². The van der Waals surface area contributed by atoms with Crippen LogP contribution in [0.5, 0.6) is 11.5 Å². The van der Waals surface area contributed by atoms with Crippen molar-refractivity contribution in [3.05, 3.63) is 18.2 Å². The number of hydrogen-bond acceptors (Lipinski definition) is 4. The Labute approximate surface area is 109 Å². The summed E-state index contributed by atoms with van der Waals surface area (Å²) in [7, 11) is 3.77. The Morgan fingerprint density at radius 1 is 1.33 bits per heavy atom. The van der Waals surface area contributed by atoms with Gasteiger partial charge in [-0.3, -0.25) is 0 Å². The molecule has 0 spiro atoms. The van der Waals surface area contributed by atoms with Crippen molar-refractivity contribution < 1.29 is 9.47 Å². The number of hydrogen-bond donors (Lipinski definition) is 1. The average Bonchev–Trinajstić information content (AvgIpc) is 3.14. The van der Waals surface area contributed by atoms with E-state index in [-0.39, 0.29) is 0 Å². The molecule has 1 aliphatic rings. The molecule has 2 N–H and O–H groups in total. The minimum absolute atomic E-state index is 0.670. The fraction of sp³-hybridized carbons (Fsp3) is 0.571. The molecule has 2 rings (SSSR count). The Morgan fingerprint density at radius 2 is 2.11 bits per heavy atom. The first kappa shape index (κ1) is 13.0. The van der Waals surface area contributed by atoms with Crippen molar-refractivity contribution >= 4 is 5.69 Å². The molecular weight excluding hydrogens is 228 g/mol. The summed E-state index contributed by atoms with van der Waals surface area (Å²) in [6, 6.07) is 5.46. The molecule has 1 saturated carbocycles. The summed E-state index contributed by atoms with van der Waals surface area (Å²) in [6.45, 7) is 2.79. The summed E-state index contributed by atoms with van der Waals surface area (Å²) in [5.74, 6) is 2.37. The third kappa shape index (κ3) is 3.81. The molecule has 1 fully saturated rings. The number of nitrogens with zero attached hydrogens (tertiary/aromatic N) is 1. The van der Waals surface area contributed by atoms with E-state index in [0.717, 1.165) is 18.2 Å². The maximum atomic E-state index is 5.73. The summed E-state index contributed by atoms with van der Waals surface area (Å²) in [5, 5.41) is 0. The zero-order valence-electron chi connectivity index (χ0n) is 11.2. The van der Waals surface area contributed by atoms with Crippen LogP contribution in [0.2, 0.25) is 0 Å². The zero-order chi connectivity index (χ0) is 13.0. The Balaban J connectivity index is 1.78. The number of methoxy groups -OCH3 is 1. The molecule has 18 heavy (non-hydrogen) atoms. The van der Waals surface area contributed by atoms with Crippen molar-refractivity contribution in [2.24, 2.45) is 5.92 Å². The van der Waals surface area contributed by atoms with E-state index in [9.17, 15) is 0 Å². The minimum atomic E-state index is 0.670. The third-order valence-electron chi connectivity index (χ3n) is 3.19. The van der Waals surface area contributed by atoms with Crippen LogP contribution in [0, 0.1) is 5.92 Å². The van der Waals surface area contributed by atoms with Gasteiger partial charge in [0, 0.05) is 24.8 Å². The second kappa shape index (κ2) is 5.96. The van der Waals surface area contributed by atoms with Crippen LogP contribution in [0.25, 0.3) is 0 Å². The Morgan fingerprint density at radius 3 is 2.78 bits per heavy atom. The van der Waals surface area contributed by atoms with Crippen LogP contribution >= 0.6 is 0 Å². The highest BCUT2D eigenvalue weighted by atomic mass is 16.5. The van der Waals surface area contributed by atoms with Crippen molar-refractivity contribution in [1.82, 2.24) is 4.90 Å². The summed E-state index contributed by atoms with van der Waals surface area (Å²) < 4.78 is 11.0. The summed E-state index contributed by atoms with van der Waals surface area (Å²) in [5.41, 5.74) is 6.38. The van der Waals surface area contributed by atoms with Gasteiger partial charge in [-0.05, 0) is 37.9 Å². The lowest BCUT2D eigenvalue weighted by Gasteiger charge is -2.17. The number of nitrogens with two attached hydrogens (primary N) is 1. The standard InChI is InChI=1S/C14H22N2O2/c1-16(10-11-3-4-11)7-8-18-13-6-5-12(15)9-14(13)17-2/h5-6,9,11H,3-4,7-8,10,15H2,1-2H3. The highest BCUT2D eigenvalue weighted by Gasteiger charge is 2.22. The number of nitrogen functional groups attached to an aromatic ring is 1. The lowest BCUT2D eigenvalue weighted by atomic mass is 10.3. The summed E-state index contributed by atoms with van der Waals surface area (Å²) in [6.07, 6.45) is 2.77. The van der Waals surface area contributed by atoms with Gasteiger partial charge in [-0.2, -0.15) is 0 Å². The molecule has 4 heteroatoms. The molecule has 0 saturated heterocycles. The topological polar surface area (TPSA) is 47.7 Å². The normalized spacial score (nSPS) is 14.8. The molecule has 0 heterocycles. The zero-order valence-corrected chi connectivity index (χ0v) is 11.2. The van der Waals surface area contributed by atoms with Crippen molar-refractivity contribution in [1.29, 1.82) is 0 Å². The number of ether oxygens (including phenoxy) is 2. The lowest BCUT2D eigenvalue weighted by Crippen LogP contribution is -2.26. The van der Waals surface area contributed by atoms with Crippen molar-refractivity contribution in [2.75, 3.05) is 39.6 Å². The number of rotatable bonds is 7. The van der Waals surface area contributed by atoms with Gasteiger partial charge in [0.2, 0.25) is 0 Å². The Hall–Kier alpha value is -1.42. The first-order valence-electron chi connectivity index (χ1n) is 6.44. The second-order valence-electron chi connectivity index (χ2n) is 4.96. The van der Waals surface area contributed by atoms with Crippen molar-refractivity contribution in [3.8, 4) is 11.5 Å². The summed E-state index contributed by atoms with van der Waals surface area (Å²) >= 11 is 0. The van der Waals surface area contributed by atoms with Gasteiger partial charge >= 0.3 is 0 Å². The largest absolute Gasteiger partial charge is 0.493 e. The van der Waals surface area contributed by atoms with Gasteiger partial charge in [0.05, 0.1) is 7.11 Å². The van der Waals surface area contributed by atoms with E-state index in [0.29, 0.717) is 18.0 Å². The van der Waals surface area contributed by atoms with E-state index in [4.69, 9.17) is 15.2 Å². The smallest absolute Gasteiger partial charge is 0.162 e. The van der Waals surface area contributed by atoms with E-state index >= 15 is 0 Å². The second-order valence-corrected chi connectivity index (χ2v) is 4.96. The first-order chi connectivity index (χ1) is 8.69. The van der Waals surface area contributed by atoms with Gasteiger partial charge < -0.3 is 20.1 Å². The van der Waals surface area contributed by atoms with Gasteiger partial charge in [-0.15, -0.1) is 0 Å². The maximum absolute atomic E-state index is 5.73. The molecule has 1 aromatic rings. The van der Waals surface area contributed by atoms with E-state index in [1.165, 1.54) is 19.4 Å². The lowest BCUT2D eigenvalue weighted by molar-refractivity contribution is 0.226. The maximum Gasteiger partial charge on any atom is 0.162 e. The van der Waals surface area contributed by atoms with E-state index < -0.39 is 0 Å². The molecule has 0 radical (unpaired) electrons. The summed E-state index contributed by atoms with van der Waals surface area (Å²) in [4.78, 5) is 2.32. The van der Waals surface area contributed by atoms with Gasteiger partial charge in [0.25, 0.3) is 0 Å². The monoisotopic (exact) mass is 250 g/mol. The highest BCUT2D eigenvalue weighted by molar-refractivity contribution is 5.51. The fourth-order valence-corrected chi connectivity index (χ4v) is 1.95.